The van der Waals surface area contributed by atoms with E-state index in [1.807, 2.05) is 42.5 Å². The molecule has 0 aliphatic heterocycles. The van der Waals surface area contributed by atoms with Crippen molar-refractivity contribution in [3.05, 3.63) is 66.1 Å². The molecule has 0 aliphatic rings. The molecule has 0 radical (unpaired) electrons. The molecule has 0 saturated carbocycles. The van der Waals surface area contributed by atoms with Crippen molar-refractivity contribution in [1.29, 1.82) is 0 Å². The van der Waals surface area contributed by atoms with E-state index in [2.05, 4.69) is 30.8 Å². The Kier molecular flexibility index (Phi) is 3.72. The first kappa shape index (κ1) is 14.5. The smallest absolute Gasteiger partial charge is 0.178 e. The molecule has 0 atom stereocenters. The van der Waals surface area contributed by atoms with E-state index >= 15 is 0 Å². The molecule has 0 saturated heterocycles. The first-order valence-corrected chi connectivity index (χ1v) is 7.70. The summed E-state index contributed by atoms with van der Waals surface area (Å²) in [7, 11) is 0. The molecule has 118 valence electrons. The Morgan fingerprint density at radius 3 is 2.71 bits per heavy atom. The third-order valence-corrected chi connectivity index (χ3v) is 3.81. The lowest BCUT2D eigenvalue weighted by Gasteiger charge is -2.10. The van der Waals surface area contributed by atoms with Crippen molar-refractivity contribution in [3.8, 4) is 0 Å². The highest BCUT2D eigenvalue weighted by molar-refractivity contribution is 6.33. The summed E-state index contributed by atoms with van der Waals surface area (Å²) in [6.07, 6.45) is 5.20. The number of halogens is 1. The van der Waals surface area contributed by atoms with Gasteiger partial charge in [-0.1, -0.05) is 11.6 Å². The molecule has 0 spiro atoms. The fraction of sp³-hybridized carbons (Fsp3) is 0. The molecule has 3 aromatic heterocycles. The van der Waals surface area contributed by atoms with Crippen molar-refractivity contribution >= 4 is 45.5 Å². The minimum absolute atomic E-state index is 0.594. The molecule has 7 heteroatoms. The van der Waals surface area contributed by atoms with E-state index in [1.54, 1.807) is 18.6 Å². The van der Waals surface area contributed by atoms with Gasteiger partial charge in [-0.25, -0.2) is 0 Å². The summed E-state index contributed by atoms with van der Waals surface area (Å²) in [4.78, 5) is 8.39. The number of hydrogen-bond acceptors (Lipinski definition) is 5. The number of rotatable bonds is 4. The van der Waals surface area contributed by atoms with Crippen LogP contribution in [0.25, 0.3) is 11.0 Å². The Bertz CT molecular complexity index is 983. The fourth-order valence-corrected chi connectivity index (χ4v) is 2.59. The van der Waals surface area contributed by atoms with Gasteiger partial charge >= 0.3 is 0 Å². The van der Waals surface area contributed by atoms with Gasteiger partial charge in [-0.05, 0) is 42.5 Å². The minimum atomic E-state index is 0.594. The van der Waals surface area contributed by atoms with Gasteiger partial charge in [-0.15, -0.1) is 0 Å². The molecular weight excluding hydrogens is 324 g/mol. The van der Waals surface area contributed by atoms with Crippen LogP contribution in [0.5, 0.6) is 0 Å². The van der Waals surface area contributed by atoms with Gasteiger partial charge in [0.2, 0.25) is 0 Å². The number of pyridine rings is 2. The summed E-state index contributed by atoms with van der Waals surface area (Å²) < 4.78 is 0. The Labute approximate surface area is 142 Å². The van der Waals surface area contributed by atoms with Crippen molar-refractivity contribution in [2.45, 2.75) is 0 Å². The second-order valence-electron chi connectivity index (χ2n) is 5.16. The van der Waals surface area contributed by atoms with Crippen molar-refractivity contribution in [1.82, 2.24) is 20.2 Å². The minimum Gasteiger partial charge on any atom is -0.353 e. The number of hydrogen-bond donors (Lipinski definition) is 3. The number of aromatic nitrogens is 4. The van der Waals surface area contributed by atoms with Crippen LogP contribution in [0.2, 0.25) is 5.02 Å². The molecule has 3 N–H and O–H groups in total. The maximum atomic E-state index is 6.37. The first-order chi connectivity index (χ1) is 11.8. The van der Waals surface area contributed by atoms with Gasteiger partial charge in [0.05, 0.1) is 28.1 Å². The number of benzene rings is 1. The van der Waals surface area contributed by atoms with Gasteiger partial charge in [0.1, 0.15) is 5.52 Å². The molecule has 0 aliphatic carbocycles. The zero-order valence-electron chi connectivity index (χ0n) is 12.5. The second kappa shape index (κ2) is 6.17. The second-order valence-corrected chi connectivity index (χ2v) is 5.57. The number of H-pyrrole nitrogens is 1. The quantitative estimate of drug-likeness (QED) is 0.511. The molecule has 4 rings (SSSR count). The van der Waals surface area contributed by atoms with E-state index in [0.29, 0.717) is 10.8 Å². The molecular formula is C17H13ClN6. The van der Waals surface area contributed by atoms with Crippen molar-refractivity contribution in [2.24, 2.45) is 0 Å². The van der Waals surface area contributed by atoms with Gasteiger partial charge in [0.15, 0.2) is 5.82 Å². The van der Waals surface area contributed by atoms with Gasteiger partial charge < -0.3 is 10.6 Å². The lowest BCUT2D eigenvalue weighted by molar-refractivity contribution is 1.12. The topological polar surface area (TPSA) is 78.5 Å². The maximum absolute atomic E-state index is 6.37. The van der Waals surface area contributed by atoms with Gasteiger partial charge in [-0.2, -0.15) is 5.10 Å². The SMILES string of the molecule is Clc1cc(Nc2n[nH]c3cccnc23)ccc1Nc1cccnc1. The lowest BCUT2D eigenvalue weighted by Crippen LogP contribution is -1.95. The van der Waals surface area contributed by atoms with Crippen molar-refractivity contribution in [3.63, 3.8) is 0 Å². The number of nitrogens with zero attached hydrogens (tertiary/aromatic N) is 3. The number of aromatic amines is 1. The third kappa shape index (κ3) is 2.87. The van der Waals surface area contributed by atoms with E-state index in [1.165, 1.54) is 0 Å². The van der Waals surface area contributed by atoms with Crippen LogP contribution < -0.4 is 10.6 Å². The van der Waals surface area contributed by atoms with Gasteiger partial charge in [0.25, 0.3) is 0 Å². The molecule has 1 aromatic carbocycles. The molecule has 3 heterocycles. The average molecular weight is 337 g/mol. The lowest BCUT2D eigenvalue weighted by atomic mass is 10.2. The number of anilines is 4. The third-order valence-electron chi connectivity index (χ3n) is 3.49. The molecule has 0 amide bonds. The average Bonchev–Trinajstić information content (AvgIpc) is 3.01. The van der Waals surface area contributed by atoms with Crippen LogP contribution in [0.1, 0.15) is 0 Å². The summed E-state index contributed by atoms with van der Waals surface area (Å²) in [5, 5.41) is 14.2. The predicted molar refractivity (Wildman–Crippen MR) is 96.1 cm³/mol. The van der Waals surface area contributed by atoms with Crippen LogP contribution in [0, 0.1) is 0 Å². The summed E-state index contributed by atoms with van der Waals surface area (Å²) in [6.45, 7) is 0. The molecule has 24 heavy (non-hydrogen) atoms. The van der Waals surface area contributed by atoms with Crippen molar-refractivity contribution in [2.75, 3.05) is 10.6 Å². The normalized spacial score (nSPS) is 10.7. The number of fused-ring (bicyclic) bond motifs is 1. The zero-order valence-corrected chi connectivity index (χ0v) is 13.2. The Morgan fingerprint density at radius 2 is 1.88 bits per heavy atom. The maximum Gasteiger partial charge on any atom is 0.178 e. The van der Waals surface area contributed by atoms with E-state index in [4.69, 9.17) is 11.6 Å². The van der Waals surface area contributed by atoms with Crippen molar-refractivity contribution < 1.29 is 0 Å². The highest BCUT2D eigenvalue weighted by atomic mass is 35.5. The van der Waals surface area contributed by atoms with E-state index in [0.717, 1.165) is 28.1 Å². The molecule has 6 nitrogen and oxygen atoms in total. The monoisotopic (exact) mass is 336 g/mol. The largest absolute Gasteiger partial charge is 0.353 e. The standard InChI is InChI=1S/C17H13ClN6/c18-13-9-11(5-6-14(13)21-12-3-1-7-19-10-12)22-17-16-15(23-24-17)4-2-8-20-16/h1-10,21H,(H2,22,23,24). The summed E-state index contributed by atoms with van der Waals surface area (Å²) in [6, 6.07) is 13.2. The Balaban J connectivity index is 1.58. The van der Waals surface area contributed by atoms with Gasteiger partial charge in [-0.3, -0.25) is 15.1 Å². The molecule has 4 aromatic rings. The first-order valence-electron chi connectivity index (χ1n) is 7.32. The summed E-state index contributed by atoms with van der Waals surface area (Å²) >= 11 is 6.37. The van der Waals surface area contributed by atoms with Crippen LogP contribution in [-0.2, 0) is 0 Å². The van der Waals surface area contributed by atoms with Crippen LogP contribution in [0.15, 0.2) is 61.1 Å². The van der Waals surface area contributed by atoms with Crippen LogP contribution >= 0.6 is 11.6 Å². The van der Waals surface area contributed by atoms with Crippen LogP contribution in [0.3, 0.4) is 0 Å². The summed E-state index contributed by atoms with van der Waals surface area (Å²) in [5.41, 5.74) is 4.17. The Hall–Kier alpha value is -3.12. The molecule has 0 bridgehead atoms. The zero-order chi connectivity index (χ0) is 16.4. The van der Waals surface area contributed by atoms with E-state index in [-0.39, 0.29) is 0 Å². The van der Waals surface area contributed by atoms with Crippen LogP contribution in [0.4, 0.5) is 22.9 Å². The van der Waals surface area contributed by atoms with Crippen LogP contribution in [-0.4, -0.2) is 20.2 Å². The van der Waals surface area contributed by atoms with E-state index < -0.39 is 0 Å². The highest BCUT2D eigenvalue weighted by Gasteiger charge is 2.08. The molecule has 0 fully saturated rings. The van der Waals surface area contributed by atoms with Gasteiger partial charge in [0, 0.05) is 18.1 Å². The summed E-state index contributed by atoms with van der Waals surface area (Å²) in [5.74, 6) is 0.662. The highest BCUT2D eigenvalue weighted by Crippen LogP contribution is 2.30. The fourth-order valence-electron chi connectivity index (χ4n) is 2.36. The van der Waals surface area contributed by atoms with E-state index in [9.17, 15) is 0 Å². The predicted octanol–water partition coefficient (Wildman–Crippen LogP) is 4.49. The number of nitrogens with one attached hydrogen (secondary N) is 3. The Morgan fingerprint density at radius 1 is 0.958 bits per heavy atom. The molecule has 0 unspecified atom stereocenters.